The van der Waals surface area contributed by atoms with Gasteiger partial charge in [-0.05, 0) is 61.4 Å². The zero-order valence-electron chi connectivity index (χ0n) is 16.0. The van der Waals surface area contributed by atoms with Gasteiger partial charge in [-0.2, -0.15) is 0 Å². The molecule has 0 unspecified atom stereocenters. The van der Waals surface area contributed by atoms with E-state index in [1.165, 1.54) is 4.31 Å². The third-order valence-corrected chi connectivity index (χ3v) is 6.20. The molecule has 5 heteroatoms. The quantitative estimate of drug-likeness (QED) is 0.632. The van der Waals surface area contributed by atoms with E-state index in [1.54, 1.807) is 24.3 Å². The van der Waals surface area contributed by atoms with Crippen molar-refractivity contribution in [1.82, 2.24) is 0 Å². The number of nitrogens with zero attached hydrogens (tertiary/aromatic N) is 2. The molecule has 0 aliphatic rings. The number of para-hydroxylation sites is 1. The van der Waals surface area contributed by atoms with Crippen molar-refractivity contribution < 1.29 is 8.42 Å². The minimum absolute atomic E-state index is 0.265. The third kappa shape index (κ3) is 3.69. The minimum atomic E-state index is -3.75. The summed E-state index contributed by atoms with van der Waals surface area (Å²) in [6.45, 7) is 4.01. The summed E-state index contributed by atoms with van der Waals surface area (Å²) >= 11 is 0. The Morgan fingerprint density at radius 2 is 1.19 bits per heavy atom. The summed E-state index contributed by atoms with van der Waals surface area (Å²) in [5, 5.41) is 0. The van der Waals surface area contributed by atoms with Gasteiger partial charge in [-0.3, -0.25) is 0 Å². The molecule has 0 atom stereocenters. The molecule has 27 heavy (non-hydrogen) atoms. The number of aryl methyl sites for hydroxylation is 2. The number of benzene rings is 3. The van der Waals surface area contributed by atoms with Gasteiger partial charge < -0.3 is 4.90 Å². The van der Waals surface area contributed by atoms with Gasteiger partial charge in [0.15, 0.2) is 0 Å². The maximum atomic E-state index is 13.5. The Morgan fingerprint density at radius 1 is 0.704 bits per heavy atom. The van der Waals surface area contributed by atoms with Gasteiger partial charge in [0.25, 0.3) is 10.0 Å². The molecule has 3 aromatic carbocycles. The van der Waals surface area contributed by atoms with Crippen LogP contribution in [0.25, 0.3) is 0 Å². The number of hydrogen-bond donors (Lipinski definition) is 0. The number of anilines is 3. The molecule has 0 bridgehead atoms. The highest BCUT2D eigenvalue weighted by molar-refractivity contribution is 7.93. The lowest BCUT2D eigenvalue weighted by atomic mass is 10.1. The van der Waals surface area contributed by atoms with E-state index in [-0.39, 0.29) is 4.90 Å². The van der Waals surface area contributed by atoms with Gasteiger partial charge in [-0.25, -0.2) is 12.7 Å². The standard InChI is InChI=1S/C22H24N2O2S/c1-17-15-20(16-18(2)22(17)23(3)4)24(19-11-7-5-8-12-19)27(25,26)21-13-9-6-10-14-21/h5-16H,1-4H3. The molecule has 0 heterocycles. The summed E-state index contributed by atoms with van der Waals surface area (Å²) in [5.74, 6) is 0. The topological polar surface area (TPSA) is 40.6 Å². The van der Waals surface area contributed by atoms with E-state index in [9.17, 15) is 8.42 Å². The van der Waals surface area contributed by atoms with Crippen LogP contribution in [0.15, 0.2) is 77.7 Å². The van der Waals surface area contributed by atoms with Crippen molar-refractivity contribution >= 4 is 27.1 Å². The Morgan fingerprint density at radius 3 is 1.67 bits per heavy atom. The predicted octanol–water partition coefficient (Wildman–Crippen LogP) is 4.90. The molecule has 0 fully saturated rings. The van der Waals surface area contributed by atoms with Crippen molar-refractivity contribution in [3.05, 3.63) is 83.9 Å². The van der Waals surface area contributed by atoms with Crippen molar-refractivity contribution in [1.29, 1.82) is 0 Å². The summed E-state index contributed by atoms with van der Waals surface area (Å²) in [5.41, 5.74) is 4.39. The van der Waals surface area contributed by atoms with Gasteiger partial charge in [0.2, 0.25) is 0 Å². The molecule has 0 radical (unpaired) electrons. The lowest BCUT2D eigenvalue weighted by Crippen LogP contribution is -2.26. The first-order valence-corrected chi connectivity index (χ1v) is 10.2. The van der Waals surface area contributed by atoms with E-state index in [1.807, 2.05) is 81.4 Å². The fourth-order valence-corrected chi connectivity index (χ4v) is 4.94. The van der Waals surface area contributed by atoms with E-state index in [2.05, 4.69) is 0 Å². The first-order valence-electron chi connectivity index (χ1n) is 8.76. The maximum Gasteiger partial charge on any atom is 0.268 e. The fourth-order valence-electron chi connectivity index (χ4n) is 3.44. The van der Waals surface area contributed by atoms with Crippen molar-refractivity contribution in [3.63, 3.8) is 0 Å². The molecular formula is C22H24N2O2S. The van der Waals surface area contributed by atoms with Crippen LogP contribution in [0, 0.1) is 13.8 Å². The van der Waals surface area contributed by atoms with Gasteiger partial charge in [-0.1, -0.05) is 36.4 Å². The summed E-state index contributed by atoms with van der Waals surface area (Å²) in [6, 6.07) is 21.6. The van der Waals surface area contributed by atoms with Crippen LogP contribution < -0.4 is 9.21 Å². The number of sulfonamides is 1. The molecule has 140 valence electrons. The van der Waals surface area contributed by atoms with Gasteiger partial charge >= 0.3 is 0 Å². The Kier molecular flexibility index (Phi) is 5.24. The molecule has 0 aromatic heterocycles. The van der Waals surface area contributed by atoms with Crippen molar-refractivity contribution in [2.45, 2.75) is 18.7 Å². The molecule has 3 aromatic rings. The largest absolute Gasteiger partial charge is 0.377 e. The Bertz CT molecular complexity index is 1010. The Labute approximate surface area is 161 Å². The summed E-state index contributed by atoms with van der Waals surface area (Å²) in [7, 11) is 0.227. The van der Waals surface area contributed by atoms with Gasteiger partial charge in [0, 0.05) is 19.8 Å². The number of hydrogen-bond acceptors (Lipinski definition) is 3. The lowest BCUT2D eigenvalue weighted by molar-refractivity contribution is 0.596. The first kappa shape index (κ1) is 19.0. The molecular weight excluding hydrogens is 356 g/mol. The van der Waals surface area contributed by atoms with Crippen LogP contribution in [0.1, 0.15) is 11.1 Å². The fraction of sp³-hybridized carbons (Fsp3) is 0.182. The highest BCUT2D eigenvalue weighted by Gasteiger charge is 2.27. The van der Waals surface area contributed by atoms with Crippen LogP contribution >= 0.6 is 0 Å². The summed E-state index contributed by atoms with van der Waals surface area (Å²) < 4.78 is 28.4. The second kappa shape index (κ2) is 7.45. The van der Waals surface area contributed by atoms with Crippen molar-refractivity contribution in [2.24, 2.45) is 0 Å². The molecule has 0 saturated carbocycles. The first-order chi connectivity index (χ1) is 12.8. The lowest BCUT2D eigenvalue weighted by Gasteiger charge is -2.27. The zero-order chi connectivity index (χ0) is 19.6. The van der Waals surface area contributed by atoms with Crippen LogP contribution in [0.3, 0.4) is 0 Å². The highest BCUT2D eigenvalue weighted by Crippen LogP contribution is 2.36. The van der Waals surface area contributed by atoms with E-state index >= 15 is 0 Å². The highest BCUT2D eigenvalue weighted by atomic mass is 32.2. The summed E-state index contributed by atoms with van der Waals surface area (Å²) in [6.07, 6.45) is 0. The Hall–Kier alpha value is -2.79. The van der Waals surface area contributed by atoms with Gasteiger partial charge in [0.05, 0.1) is 16.3 Å². The van der Waals surface area contributed by atoms with E-state index in [4.69, 9.17) is 0 Å². The third-order valence-electron chi connectivity index (χ3n) is 4.43. The van der Waals surface area contributed by atoms with Crippen LogP contribution in [0.4, 0.5) is 17.1 Å². The van der Waals surface area contributed by atoms with Gasteiger partial charge in [-0.15, -0.1) is 0 Å². The minimum Gasteiger partial charge on any atom is -0.377 e. The van der Waals surface area contributed by atoms with Crippen LogP contribution in [0.2, 0.25) is 0 Å². The monoisotopic (exact) mass is 380 g/mol. The molecule has 0 aliphatic carbocycles. The van der Waals surface area contributed by atoms with Crippen LogP contribution in [0.5, 0.6) is 0 Å². The Balaban J connectivity index is 2.24. The van der Waals surface area contributed by atoms with Crippen molar-refractivity contribution in [3.8, 4) is 0 Å². The average Bonchev–Trinajstić information content (AvgIpc) is 2.62. The molecule has 0 saturated heterocycles. The van der Waals surface area contributed by atoms with E-state index in [0.29, 0.717) is 11.4 Å². The normalized spacial score (nSPS) is 11.3. The summed E-state index contributed by atoms with van der Waals surface area (Å²) in [4.78, 5) is 2.31. The van der Waals surface area contributed by atoms with Crippen LogP contribution in [-0.4, -0.2) is 22.5 Å². The molecule has 4 nitrogen and oxygen atoms in total. The smallest absolute Gasteiger partial charge is 0.268 e. The molecule has 3 rings (SSSR count). The average molecular weight is 381 g/mol. The zero-order valence-corrected chi connectivity index (χ0v) is 16.9. The molecule has 0 aliphatic heterocycles. The second-order valence-corrected chi connectivity index (χ2v) is 8.53. The van der Waals surface area contributed by atoms with E-state index in [0.717, 1.165) is 16.8 Å². The number of rotatable bonds is 5. The van der Waals surface area contributed by atoms with E-state index < -0.39 is 10.0 Å². The molecule has 0 spiro atoms. The van der Waals surface area contributed by atoms with Crippen molar-refractivity contribution in [2.75, 3.05) is 23.3 Å². The van der Waals surface area contributed by atoms with Gasteiger partial charge in [0.1, 0.15) is 0 Å². The second-order valence-electron chi connectivity index (χ2n) is 6.74. The van der Waals surface area contributed by atoms with Crippen LogP contribution in [-0.2, 0) is 10.0 Å². The molecule has 0 amide bonds. The predicted molar refractivity (Wildman–Crippen MR) is 112 cm³/mol. The SMILES string of the molecule is Cc1cc(N(c2ccccc2)S(=O)(=O)c2ccccc2)cc(C)c1N(C)C. The molecule has 0 N–H and O–H groups in total. The maximum absolute atomic E-state index is 13.5.